The summed E-state index contributed by atoms with van der Waals surface area (Å²) in [5.74, 6) is 0. The molecule has 3 rings (SSSR count). The molecule has 1 aromatic heterocycles. The molecule has 0 saturated heterocycles. The van der Waals surface area contributed by atoms with E-state index < -0.39 is 0 Å². The van der Waals surface area contributed by atoms with E-state index in [0.29, 0.717) is 0 Å². The molecule has 0 amide bonds. The minimum absolute atomic E-state index is 0.00262. The summed E-state index contributed by atoms with van der Waals surface area (Å²) in [5, 5.41) is 14.2. The van der Waals surface area contributed by atoms with Gasteiger partial charge in [0.2, 0.25) is 0 Å². The number of nitrogens with one attached hydrogen (secondary N) is 1. The van der Waals surface area contributed by atoms with E-state index in [-0.39, 0.29) is 17.6 Å². The highest BCUT2D eigenvalue weighted by atomic mass is 16.3. The number of hydrogen-bond acceptors (Lipinski definition) is 3. The molecule has 0 radical (unpaired) electrons. The van der Waals surface area contributed by atoms with E-state index in [1.165, 1.54) is 5.56 Å². The average molecular weight is 282 g/mol. The van der Waals surface area contributed by atoms with Gasteiger partial charge in [0.15, 0.2) is 0 Å². The molecule has 1 aliphatic rings. The first-order valence-electron chi connectivity index (χ1n) is 7.58. The SMILES string of the molecule is CC(NCC1(C(O)c2ccccc2)CC1)c1ccncc1. The zero-order valence-electron chi connectivity index (χ0n) is 12.4. The van der Waals surface area contributed by atoms with Crippen LogP contribution in [0, 0.1) is 5.41 Å². The van der Waals surface area contributed by atoms with Crippen LogP contribution in [0.5, 0.6) is 0 Å². The summed E-state index contributed by atoms with van der Waals surface area (Å²) in [6.07, 6.45) is 5.42. The fourth-order valence-corrected chi connectivity index (χ4v) is 2.82. The lowest BCUT2D eigenvalue weighted by Crippen LogP contribution is -2.30. The summed E-state index contributed by atoms with van der Waals surface area (Å²) >= 11 is 0. The molecule has 1 saturated carbocycles. The summed E-state index contributed by atoms with van der Waals surface area (Å²) in [6, 6.07) is 14.3. The predicted molar refractivity (Wildman–Crippen MR) is 83.7 cm³/mol. The minimum Gasteiger partial charge on any atom is -0.388 e. The van der Waals surface area contributed by atoms with Gasteiger partial charge in [0.1, 0.15) is 0 Å². The van der Waals surface area contributed by atoms with Crippen LogP contribution in [0.25, 0.3) is 0 Å². The summed E-state index contributed by atoms with van der Waals surface area (Å²) in [6.45, 7) is 2.99. The predicted octanol–water partition coefficient (Wildman–Crippen LogP) is 3.25. The molecule has 21 heavy (non-hydrogen) atoms. The molecule has 2 N–H and O–H groups in total. The second-order valence-electron chi connectivity index (χ2n) is 6.06. The summed E-state index contributed by atoms with van der Waals surface area (Å²) in [4.78, 5) is 4.05. The van der Waals surface area contributed by atoms with E-state index in [9.17, 15) is 5.11 Å². The molecule has 3 nitrogen and oxygen atoms in total. The Morgan fingerprint density at radius 3 is 2.38 bits per heavy atom. The number of aromatic nitrogens is 1. The Balaban J connectivity index is 1.62. The van der Waals surface area contributed by atoms with E-state index in [4.69, 9.17) is 0 Å². The highest BCUT2D eigenvalue weighted by Crippen LogP contribution is 2.54. The molecule has 2 atom stereocenters. The largest absolute Gasteiger partial charge is 0.388 e. The van der Waals surface area contributed by atoms with Gasteiger partial charge in [-0.3, -0.25) is 4.98 Å². The molecule has 0 spiro atoms. The van der Waals surface area contributed by atoms with Crippen molar-refractivity contribution in [3.05, 3.63) is 66.0 Å². The second-order valence-corrected chi connectivity index (χ2v) is 6.06. The smallest absolute Gasteiger partial charge is 0.0858 e. The van der Waals surface area contributed by atoms with Gasteiger partial charge in [-0.25, -0.2) is 0 Å². The van der Waals surface area contributed by atoms with Crippen LogP contribution in [0.1, 0.15) is 43.0 Å². The molecule has 2 aromatic rings. The lowest BCUT2D eigenvalue weighted by molar-refractivity contribution is 0.0903. The van der Waals surface area contributed by atoms with E-state index >= 15 is 0 Å². The Labute approximate surface area is 126 Å². The van der Waals surface area contributed by atoms with Crippen LogP contribution in [0.4, 0.5) is 0 Å². The monoisotopic (exact) mass is 282 g/mol. The van der Waals surface area contributed by atoms with Crippen molar-refractivity contribution in [2.45, 2.75) is 31.9 Å². The molecule has 1 fully saturated rings. The van der Waals surface area contributed by atoms with E-state index in [0.717, 1.165) is 24.9 Å². The minimum atomic E-state index is -0.379. The molecule has 1 aliphatic carbocycles. The van der Waals surface area contributed by atoms with Crippen LogP contribution >= 0.6 is 0 Å². The zero-order chi connectivity index (χ0) is 14.7. The highest BCUT2D eigenvalue weighted by molar-refractivity contribution is 5.23. The van der Waals surface area contributed by atoms with Crippen LogP contribution in [-0.4, -0.2) is 16.6 Å². The summed E-state index contributed by atoms with van der Waals surface area (Å²) in [5.41, 5.74) is 2.26. The van der Waals surface area contributed by atoms with E-state index in [1.54, 1.807) is 0 Å². The highest BCUT2D eigenvalue weighted by Gasteiger charge is 2.49. The number of pyridine rings is 1. The third-order valence-corrected chi connectivity index (χ3v) is 4.55. The van der Waals surface area contributed by atoms with Crippen molar-refractivity contribution in [2.75, 3.05) is 6.54 Å². The molecule has 0 bridgehead atoms. The Bertz CT molecular complexity index is 566. The van der Waals surface area contributed by atoms with Crippen LogP contribution in [-0.2, 0) is 0 Å². The molecule has 0 aliphatic heterocycles. The number of aliphatic hydroxyl groups excluding tert-OH is 1. The Kier molecular flexibility index (Phi) is 4.04. The van der Waals surface area contributed by atoms with Gasteiger partial charge >= 0.3 is 0 Å². The average Bonchev–Trinajstić information content (AvgIpc) is 3.35. The molecule has 110 valence electrons. The summed E-state index contributed by atoms with van der Waals surface area (Å²) < 4.78 is 0. The lowest BCUT2D eigenvalue weighted by Gasteiger charge is -2.25. The fraction of sp³-hybridized carbons (Fsp3) is 0.389. The maximum Gasteiger partial charge on any atom is 0.0858 e. The topological polar surface area (TPSA) is 45.1 Å². The Morgan fingerprint density at radius 2 is 1.76 bits per heavy atom. The number of hydrogen-bond donors (Lipinski definition) is 2. The van der Waals surface area contributed by atoms with E-state index in [1.807, 2.05) is 54.9 Å². The quantitative estimate of drug-likeness (QED) is 0.855. The van der Waals surface area contributed by atoms with Crippen molar-refractivity contribution in [1.29, 1.82) is 0 Å². The van der Waals surface area contributed by atoms with Gasteiger partial charge in [0, 0.05) is 30.4 Å². The van der Waals surface area contributed by atoms with Crippen molar-refractivity contribution < 1.29 is 5.11 Å². The number of rotatable bonds is 6. The van der Waals surface area contributed by atoms with Crippen LogP contribution in [0.2, 0.25) is 0 Å². The number of aliphatic hydroxyl groups is 1. The van der Waals surface area contributed by atoms with Crippen LogP contribution < -0.4 is 5.32 Å². The maximum atomic E-state index is 10.6. The van der Waals surface area contributed by atoms with Crippen molar-refractivity contribution in [2.24, 2.45) is 5.41 Å². The number of nitrogens with zero attached hydrogens (tertiary/aromatic N) is 1. The van der Waals surface area contributed by atoms with Gasteiger partial charge in [-0.15, -0.1) is 0 Å². The molecular formula is C18H22N2O. The molecule has 1 heterocycles. The fourth-order valence-electron chi connectivity index (χ4n) is 2.82. The van der Waals surface area contributed by atoms with Crippen molar-refractivity contribution in [3.63, 3.8) is 0 Å². The number of benzene rings is 1. The Morgan fingerprint density at radius 1 is 1.10 bits per heavy atom. The van der Waals surface area contributed by atoms with Gasteiger partial charge < -0.3 is 10.4 Å². The summed E-state index contributed by atoms with van der Waals surface area (Å²) in [7, 11) is 0. The van der Waals surface area contributed by atoms with Crippen LogP contribution in [0.15, 0.2) is 54.9 Å². The van der Waals surface area contributed by atoms with Gasteiger partial charge in [0.05, 0.1) is 6.10 Å². The van der Waals surface area contributed by atoms with Gasteiger partial charge in [-0.2, -0.15) is 0 Å². The standard InChI is InChI=1S/C18H22N2O/c1-14(15-7-11-19-12-8-15)20-13-18(9-10-18)17(21)16-5-3-2-4-6-16/h2-8,11-12,14,17,20-21H,9-10,13H2,1H3. The normalized spacial score (nSPS) is 19.0. The third-order valence-electron chi connectivity index (χ3n) is 4.55. The molecule has 3 heteroatoms. The first kappa shape index (κ1) is 14.2. The van der Waals surface area contributed by atoms with Gasteiger partial charge in [-0.1, -0.05) is 30.3 Å². The third kappa shape index (κ3) is 3.14. The van der Waals surface area contributed by atoms with Crippen molar-refractivity contribution in [3.8, 4) is 0 Å². The molecule has 2 unspecified atom stereocenters. The van der Waals surface area contributed by atoms with Crippen molar-refractivity contribution >= 4 is 0 Å². The maximum absolute atomic E-state index is 10.6. The molecule has 1 aromatic carbocycles. The Hall–Kier alpha value is -1.71. The first-order chi connectivity index (χ1) is 10.2. The molecular weight excluding hydrogens is 260 g/mol. The lowest BCUT2D eigenvalue weighted by atomic mass is 9.92. The van der Waals surface area contributed by atoms with Crippen LogP contribution in [0.3, 0.4) is 0 Å². The van der Waals surface area contributed by atoms with E-state index in [2.05, 4.69) is 17.2 Å². The van der Waals surface area contributed by atoms with Crippen molar-refractivity contribution in [1.82, 2.24) is 10.3 Å². The van der Waals surface area contributed by atoms with Gasteiger partial charge in [-0.05, 0) is 43.0 Å². The van der Waals surface area contributed by atoms with Gasteiger partial charge in [0.25, 0.3) is 0 Å². The second kappa shape index (κ2) is 5.96. The zero-order valence-corrected chi connectivity index (χ0v) is 12.4. The first-order valence-corrected chi connectivity index (χ1v) is 7.58.